The molecule has 0 amide bonds. The fourth-order valence-corrected chi connectivity index (χ4v) is 1.88. The Kier molecular flexibility index (Phi) is 5.72. The molecule has 0 aliphatic rings. The van der Waals surface area contributed by atoms with Crippen LogP contribution in [0.3, 0.4) is 0 Å². The molecule has 2 aromatic rings. The van der Waals surface area contributed by atoms with E-state index in [0.717, 1.165) is 5.82 Å². The number of nitrogens with zero attached hydrogens (tertiary/aromatic N) is 3. The zero-order valence-corrected chi connectivity index (χ0v) is 13.7. The van der Waals surface area contributed by atoms with Crippen LogP contribution in [-0.4, -0.2) is 30.2 Å². The van der Waals surface area contributed by atoms with Crippen LogP contribution in [0.2, 0.25) is 0 Å². The van der Waals surface area contributed by atoms with E-state index in [1.165, 1.54) is 11.1 Å². The van der Waals surface area contributed by atoms with Crippen LogP contribution in [-0.2, 0) is 17.9 Å². The third-order valence-electron chi connectivity index (χ3n) is 3.16. The highest BCUT2D eigenvalue weighted by Crippen LogP contribution is 2.11. The highest BCUT2D eigenvalue weighted by atomic mass is 16.5. The molecule has 5 heteroatoms. The van der Waals surface area contributed by atoms with Crippen molar-refractivity contribution in [1.29, 1.82) is 0 Å². The Morgan fingerprint density at radius 3 is 2.41 bits per heavy atom. The Balaban J connectivity index is 1.90. The first-order chi connectivity index (χ1) is 10.5. The molecule has 118 valence electrons. The van der Waals surface area contributed by atoms with E-state index in [4.69, 9.17) is 4.74 Å². The summed E-state index contributed by atoms with van der Waals surface area (Å²) in [6.45, 7) is 5.43. The van der Waals surface area contributed by atoms with Crippen LogP contribution < -0.4 is 10.2 Å². The van der Waals surface area contributed by atoms with Gasteiger partial charge in [0.05, 0.1) is 12.7 Å². The Morgan fingerprint density at radius 1 is 1.09 bits per heavy atom. The SMILES string of the molecule is CC(C)OCc1ccc(CNc2nccc(N(C)C)n2)cc1. The van der Waals surface area contributed by atoms with Crippen molar-refractivity contribution >= 4 is 11.8 Å². The van der Waals surface area contributed by atoms with Gasteiger partial charge in [-0.1, -0.05) is 24.3 Å². The van der Waals surface area contributed by atoms with E-state index >= 15 is 0 Å². The molecule has 0 atom stereocenters. The van der Waals surface area contributed by atoms with Gasteiger partial charge >= 0.3 is 0 Å². The highest BCUT2D eigenvalue weighted by Gasteiger charge is 2.02. The van der Waals surface area contributed by atoms with Gasteiger partial charge in [0, 0.05) is 26.8 Å². The molecule has 1 aromatic carbocycles. The molecule has 1 N–H and O–H groups in total. The van der Waals surface area contributed by atoms with Crippen LogP contribution in [0.4, 0.5) is 11.8 Å². The van der Waals surface area contributed by atoms with Crippen molar-refractivity contribution in [1.82, 2.24) is 9.97 Å². The average Bonchev–Trinajstić information content (AvgIpc) is 2.52. The maximum atomic E-state index is 5.59. The number of rotatable bonds is 7. The molecule has 0 saturated carbocycles. The average molecular weight is 300 g/mol. The fourth-order valence-electron chi connectivity index (χ4n) is 1.88. The van der Waals surface area contributed by atoms with Crippen LogP contribution in [0.5, 0.6) is 0 Å². The summed E-state index contributed by atoms with van der Waals surface area (Å²) in [5.74, 6) is 1.53. The van der Waals surface area contributed by atoms with Gasteiger partial charge in [-0.05, 0) is 31.0 Å². The number of nitrogens with one attached hydrogen (secondary N) is 1. The number of benzene rings is 1. The van der Waals surface area contributed by atoms with Crippen molar-refractivity contribution < 1.29 is 4.74 Å². The molecule has 0 unspecified atom stereocenters. The van der Waals surface area contributed by atoms with Gasteiger partial charge in [0.25, 0.3) is 0 Å². The van der Waals surface area contributed by atoms with E-state index in [-0.39, 0.29) is 6.10 Å². The van der Waals surface area contributed by atoms with Crippen LogP contribution in [0.25, 0.3) is 0 Å². The Bertz CT molecular complexity index is 581. The minimum atomic E-state index is 0.252. The lowest BCUT2D eigenvalue weighted by molar-refractivity contribution is 0.0657. The second-order valence-electron chi connectivity index (χ2n) is 5.66. The zero-order valence-electron chi connectivity index (χ0n) is 13.7. The molecule has 0 aliphatic carbocycles. The van der Waals surface area contributed by atoms with Gasteiger partial charge in [-0.25, -0.2) is 4.98 Å². The molecule has 1 aromatic heterocycles. The number of hydrogen-bond acceptors (Lipinski definition) is 5. The molecule has 1 heterocycles. The molecule has 2 rings (SSSR count). The predicted octanol–water partition coefficient (Wildman–Crippen LogP) is 3.08. The van der Waals surface area contributed by atoms with Crippen molar-refractivity contribution in [2.24, 2.45) is 0 Å². The van der Waals surface area contributed by atoms with E-state index in [1.807, 2.05) is 38.9 Å². The first kappa shape index (κ1) is 16.2. The third-order valence-corrected chi connectivity index (χ3v) is 3.16. The molecule has 0 saturated heterocycles. The summed E-state index contributed by atoms with van der Waals surface area (Å²) in [7, 11) is 3.92. The maximum absolute atomic E-state index is 5.59. The van der Waals surface area contributed by atoms with Crippen molar-refractivity contribution in [3.05, 3.63) is 47.7 Å². The van der Waals surface area contributed by atoms with Gasteiger partial charge < -0.3 is 15.0 Å². The van der Waals surface area contributed by atoms with Gasteiger partial charge in [0.1, 0.15) is 5.82 Å². The third kappa shape index (κ3) is 5.00. The number of hydrogen-bond donors (Lipinski definition) is 1. The molecule has 5 nitrogen and oxygen atoms in total. The van der Waals surface area contributed by atoms with Gasteiger partial charge in [-0.2, -0.15) is 4.98 Å². The van der Waals surface area contributed by atoms with Crippen molar-refractivity contribution in [2.45, 2.75) is 33.1 Å². The summed E-state index contributed by atoms with van der Waals surface area (Å²) in [6.07, 6.45) is 2.01. The first-order valence-corrected chi connectivity index (χ1v) is 7.48. The number of aromatic nitrogens is 2. The highest BCUT2D eigenvalue weighted by molar-refractivity contribution is 5.41. The Morgan fingerprint density at radius 2 is 1.77 bits per heavy atom. The van der Waals surface area contributed by atoms with Crippen LogP contribution >= 0.6 is 0 Å². The van der Waals surface area contributed by atoms with E-state index in [9.17, 15) is 0 Å². The Labute approximate surface area is 132 Å². The van der Waals surface area contributed by atoms with E-state index in [1.54, 1.807) is 6.20 Å². The molecule has 0 radical (unpaired) electrons. The summed E-state index contributed by atoms with van der Waals surface area (Å²) in [4.78, 5) is 10.6. The molecule has 22 heavy (non-hydrogen) atoms. The first-order valence-electron chi connectivity index (χ1n) is 7.48. The summed E-state index contributed by atoms with van der Waals surface area (Å²) in [6, 6.07) is 10.3. The number of anilines is 2. The second kappa shape index (κ2) is 7.75. The van der Waals surface area contributed by atoms with E-state index in [2.05, 4.69) is 39.6 Å². The smallest absolute Gasteiger partial charge is 0.224 e. The largest absolute Gasteiger partial charge is 0.374 e. The van der Waals surface area contributed by atoms with Gasteiger partial charge in [-0.15, -0.1) is 0 Å². The van der Waals surface area contributed by atoms with Crippen molar-refractivity contribution in [3.8, 4) is 0 Å². The summed E-state index contributed by atoms with van der Waals surface area (Å²) < 4.78 is 5.59. The lowest BCUT2D eigenvalue weighted by Crippen LogP contribution is -2.12. The molecule has 0 spiro atoms. The quantitative estimate of drug-likeness (QED) is 0.851. The van der Waals surface area contributed by atoms with Crippen molar-refractivity contribution in [3.63, 3.8) is 0 Å². The number of ether oxygens (including phenoxy) is 1. The maximum Gasteiger partial charge on any atom is 0.224 e. The summed E-state index contributed by atoms with van der Waals surface area (Å²) in [5, 5.41) is 3.25. The van der Waals surface area contributed by atoms with Gasteiger partial charge in [0.2, 0.25) is 5.95 Å². The molecule has 0 fully saturated rings. The van der Waals surface area contributed by atoms with E-state index in [0.29, 0.717) is 19.1 Å². The zero-order chi connectivity index (χ0) is 15.9. The Hall–Kier alpha value is -2.14. The van der Waals surface area contributed by atoms with Crippen LogP contribution in [0.15, 0.2) is 36.5 Å². The van der Waals surface area contributed by atoms with E-state index < -0.39 is 0 Å². The minimum absolute atomic E-state index is 0.252. The van der Waals surface area contributed by atoms with Crippen LogP contribution in [0.1, 0.15) is 25.0 Å². The fraction of sp³-hybridized carbons (Fsp3) is 0.412. The molecule has 0 bridgehead atoms. The predicted molar refractivity (Wildman–Crippen MR) is 90.1 cm³/mol. The standard InChI is InChI=1S/C17H24N4O/c1-13(2)22-12-15-7-5-14(6-8-15)11-19-17-18-10-9-16(20-17)21(3)4/h5-10,13H,11-12H2,1-4H3,(H,18,19,20). The summed E-state index contributed by atoms with van der Waals surface area (Å²) in [5.41, 5.74) is 2.37. The summed E-state index contributed by atoms with van der Waals surface area (Å²) >= 11 is 0. The minimum Gasteiger partial charge on any atom is -0.374 e. The van der Waals surface area contributed by atoms with Crippen LogP contribution in [0, 0.1) is 0 Å². The molecular formula is C17H24N4O. The second-order valence-corrected chi connectivity index (χ2v) is 5.66. The monoisotopic (exact) mass is 300 g/mol. The lowest BCUT2D eigenvalue weighted by atomic mass is 10.1. The topological polar surface area (TPSA) is 50.3 Å². The van der Waals surface area contributed by atoms with Gasteiger partial charge in [-0.3, -0.25) is 0 Å². The normalized spacial score (nSPS) is 10.8. The lowest BCUT2D eigenvalue weighted by Gasteiger charge is -2.12. The molecular weight excluding hydrogens is 276 g/mol. The van der Waals surface area contributed by atoms with Gasteiger partial charge in [0.15, 0.2) is 0 Å². The van der Waals surface area contributed by atoms with Crippen molar-refractivity contribution in [2.75, 3.05) is 24.3 Å². The molecule has 0 aliphatic heterocycles.